The van der Waals surface area contributed by atoms with Gasteiger partial charge in [-0.2, -0.15) is 10.2 Å². The van der Waals surface area contributed by atoms with E-state index in [4.69, 9.17) is 0 Å². The van der Waals surface area contributed by atoms with E-state index in [0.717, 1.165) is 42.3 Å². The molecule has 2 aromatic heterocycles. The van der Waals surface area contributed by atoms with Crippen LogP contribution in [0.1, 0.15) is 28.8 Å². The highest BCUT2D eigenvalue weighted by Crippen LogP contribution is 2.25. The number of hydrogen-bond acceptors (Lipinski definition) is 4. The molecular formula is C15H22N6O. The Morgan fingerprint density at radius 3 is 2.82 bits per heavy atom. The van der Waals surface area contributed by atoms with Crippen molar-refractivity contribution in [2.75, 3.05) is 19.6 Å². The summed E-state index contributed by atoms with van der Waals surface area (Å²) in [6.07, 6.45) is 0. The van der Waals surface area contributed by atoms with Crippen molar-refractivity contribution in [3.8, 4) is 11.3 Å². The van der Waals surface area contributed by atoms with E-state index in [2.05, 4.69) is 27.5 Å². The van der Waals surface area contributed by atoms with Crippen molar-refractivity contribution < 1.29 is 4.79 Å². The lowest BCUT2D eigenvalue weighted by Crippen LogP contribution is -2.52. The van der Waals surface area contributed by atoms with Gasteiger partial charge in [-0.1, -0.05) is 0 Å². The molecule has 0 unspecified atom stereocenters. The van der Waals surface area contributed by atoms with Crippen LogP contribution >= 0.6 is 0 Å². The van der Waals surface area contributed by atoms with Gasteiger partial charge in [-0.3, -0.25) is 14.6 Å². The molecule has 0 aromatic carbocycles. The second-order valence-electron chi connectivity index (χ2n) is 5.89. The molecule has 0 saturated carbocycles. The molecule has 2 N–H and O–H groups in total. The average molecular weight is 302 g/mol. The first-order chi connectivity index (χ1) is 10.5. The third-order valence-electron chi connectivity index (χ3n) is 4.34. The molecule has 3 heterocycles. The largest absolute Gasteiger partial charge is 0.332 e. The minimum atomic E-state index is 0.00643. The van der Waals surface area contributed by atoms with Gasteiger partial charge in [-0.25, -0.2) is 0 Å². The minimum Gasteiger partial charge on any atom is -0.332 e. The fourth-order valence-electron chi connectivity index (χ4n) is 3.00. The van der Waals surface area contributed by atoms with E-state index >= 15 is 0 Å². The molecule has 1 saturated heterocycles. The fraction of sp³-hybridized carbons (Fsp3) is 0.533. The molecule has 2 aromatic rings. The Kier molecular flexibility index (Phi) is 3.74. The molecule has 1 atom stereocenters. The maximum atomic E-state index is 12.6. The van der Waals surface area contributed by atoms with Crippen molar-refractivity contribution >= 4 is 5.91 Å². The van der Waals surface area contributed by atoms with Gasteiger partial charge in [0.1, 0.15) is 5.69 Å². The standard InChI is InChI=1S/C15H22N6O/c1-9-8-16-5-6-21(9)15(22)13-7-12(17-18-13)14-10(2)19-20(4)11(14)3/h7,9,16H,5-6,8H2,1-4H3,(H,17,18)/t9-/m1/s1. The van der Waals surface area contributed by atoms with Crippen molar-refractivity contribution in [3.05, 3.63) is 23.1 Å². The van der Waals surface area contributed by atoms with E-state index in [1.165, 1.54) is 0 Å². The predicted molar refractivity (Wildman–Crippen MR) is 83.6 cm³/mol. The Labute approximate surface area is 129 Å². The first-order valence-electron chi connectivity index (χ1n) is 7.56. The van der Waals surface area contributed by atoms with Crippen molar-refractivity contribution in [1.82, 2.24) is 30.2 Å². The second-order valence-corrected chi connectivity index (χ2v) is 5.89. The Bertz CT molecular complexity index is 701. The number of carbonyl (C=O) groups is 1. The molecule has 7 nitrogen and oxygen atoms in total. The maximum Gasteiger partial charge on any atom is 0.272 e. The molecule has 0 bridgehead atoms. The third kappa shape index (κ3) is 2.41. The summed E-state index contributed by atoms with van der Waals surface area (Å²) in [5, 5.41) is 14.9. The Morgan fingerprint density at radius 2 is 2.18 bits per heavy atom. The van der Waals surface area contributed by atoms with Crippen molar-refractivity contribution in [1.29, 1.82) is 0 Å². The zero-order valence-electron chi connectivity index (χ0n) is 13.5. The number of H-pyrrole nitrogens is 1. The van der Waals surface area contributed by atoms with Gasteiger partial charge in [0, 0.05) is 44.0 Å². The Balaban J connectivity index is 1.89. The molecule has 1 aliphatic rings. The number of amides is 1. The van der Waals surface area contributed by atoms with Crippen LogP contribution in [0, 0.1) is 13.8 Å². The number of hydrogen-bond donors (Lipinski definition) is 2. The maximum absolute atomic E-state index is 12.6. The van der Waals surface area contributed by atoms with Crippen LogP contribution < -0.4 is 5.32 Å². The quantitative estimate of drug-likeness (QED) is 0.862. The van der Waals surface area contributed by atoms with Crippen LogP contribution in [0.3, 0.4) is 0 Å². The van der Waals surface area contributed by atoms with E-state index in [0.29, 0.717) is 5.69 Å². The van der Waals surface area contributed by atoms with Gasteiger partial charge < -0.3 is 10.2 Å². The van der Waals surface area contributed by atoms with Gasteiger partial charge >= 0.3 is 0 Å². The van der Waals surface area contributed by atoms with Gasteiger partial charge in [0.05, 0.1) is 11.4 Å². The first kappa shape index (κ1) is 14.8. The van der Waals surface area contributed by atoms with Gasteiger partial charge in [0.2, 0.25) is 0 Å². The van der Waals surface area contributed by atoms with Crippen molar-refractivity contribution in [2.45, 2.75) is 26.8 Å². The van der Waals surface area contributed by atoms with E-state index in [1.807, 2.05) is 36.5 Å². The smallest absolute Gasteiger partial charge is 0.272 e. The van der Waals surface area contributed by atoms with Crippen LogP contribution in [0.2, 0.25) is 0 Å². The third-order valence-corrected chi connectivity index (χ3v) is 4.34. The molecule has 1 fully saturated rings. The summed E-state index contributed by atoms with van der Waals surface area (Å²) in [6.45, 7) is 8.39. The highest BCUT2D eigenvalue weighted by Gasteiger charge is 2.26. The van der Waals surface area contributed by atoms with Crippen LogP contribution in [0.15, 0.2) is 6.07 Å². The number of nitrogens with one attached hydrogen (secondary N) is 2. The molecule has 7 heteroatoms. The van der Waals surface area contributed by atoms with Crippen molar-refractivity contribution in [2.24, 2.45) is 7.05 Å². The normalized spacial score (nSPS) is 18.7. The number of aryl methyl sites for hydroxylation is 2. The van der Waals surface area contributed by atoms with Gasteiger partial charge in [-0.05, 0) is 26.8 Å². The van der Waals surface area contributed by atoms with Crippen LogP contribution in [0.4, 0.5) is 0 Å². The molecule has 0 aliphatic carbocycles. The molecule has 0 radical (unpaired) electrons. The number of carbonyl (C=O) groups excluding carboxylic acids is 1. The molecule has 3 rings (SSSR count). The van der Waals surface area contributed by atoms with Gasteiger partial charge in [-0.15, -0.1) is 0 Å². The van der Waals surface area contributed by atoms with Crippen LogP contribution in [-0.4, -0.2) is 56.5 Å². The molecule has 118 valence electrons. The summed E-state index contributed by atoms with van der Waals surface area (Å²) >= 11 is 0. The van der Waals surface area contributed by atoms with E-state index in [9.17, 15) is 4.79 Å². The summed E-state index contributed by atoms with van der Waals surface area (Å²) in [7, 11) is 1.91. The fourth-order valence-corrected chi connectivity index (χ4v) is 3.00. The zero-order chi connectivity index (χ0) is 15.9. The molecule has 1 aliphatic heterocycles. The second kappa shape index (κ2) is 5.57. The highest BCUT2D eigenvalue weighted by atomic mass is 16.2. The number of aromatic nitrogens is 4. The Hall–Kier alpha value is -2.15. The lowest BCUT2D eigenvalue weighted by Gasteiger charge is -2.33. The summed E-state index contributed by atoms with van der Waals surface area (Å²) in [5.41, 5.74) is 4.26. The zero-order valence-corrected chi connectivity index (χ0v) is 13.5. The molecular weight excluding hydrogens is 280 g/mol. The predicted octanol–water partition coefficient (Wildman–Crippen LogP) is 0.861. The summed E-state index contributed by atoms with van der Waals surface area (Å²) in [6, 6.07) is 2.02. The summed E-state index contributed by atoms with van der Waals surface area (Å²) in [4.78, 5) is 14.5. The lowest BCUT2D eigenvalue weighted by molar-refractivity contribution is 0.0649. The molecule has 0 spiro atoms. The van der Waals surface area contributed by atoms with Crippen molar-refractivity contribution in [3.63, 3.8) is 0 Å². The van der Waals surface area contributed by atoms with Crippen LogP contribution in [-0.2, 0) is 7.05 Å². The monoisotopic (exact) mass is 302 g/mol. The lowest BCUT2D eigenvalue weighted by atomic mass is 10.1. The van der Waals surface area contributed by atoms with E-state index < -0.39 is 0 Å². The number of nitrogens with zero attached hydrogens (tertiary/aromatic N) is 4. The van der Waals surface area contributed by atoms with E-state index in [-0.39, 0.29) is 11.9 Å². The number of rotatable bonds is 2. The first-order valence-corrected chi connectivity index (χ1v) is 7.56. The van der Waals surface area contributed by atoms with E-state index in [1.54, 1.807) is 0 Å². The topological polar surface area (TPSA) is 78.8 Å². The highest BCUT2D eigenvalue weighted by molar-refractivity contribution is 5.93. The summed E-state index contributed by atoms with van der Waals surface area (Å²) in [5.74, 6) is 0.00643. The average Bonchev–Trinajstić information content (AvgIpc) is 3.05. The number of aromatic amines is 1. The summed E-state index contributed by atoms with van der Waals surface area (Å²) < 4.78 is 1.83. The van der Waals surface area contributed by atoms with Gasteiger partial charge in [0.15, 0.2) is 0 Å². The SMILES string of the molecule is Cc1nn(C)c(C)c1-c1cc(C(=O)N2CCNC[C@H]2C)[nH]n1. The van der Waals surface area contributed by atoms with Crippen LogP contribution in [0.25, 0.3) is 11.3 Å². The van der Waals surface area contributed by atoms with Gasteiger partial charge in [0.25, 0.3) is 5.91 Å². The molecule has 1 amide bonds. The minimum absolute atomic E-state index is 0.00643. The molecule has 22 heavy (non-hydrogen) atoms. The number of piperazine rings is 1. The Morgan fingerprint density at radius 1 is 1.41 bits per heavy atom. The van der Waals surface area contributed by atoms with Crippen LogP contribution in [0.5, 0.6) is 0 Å².